The molecule has 3 heterocycles. The van der Waals surface area contributed by atoms with Crippen molar-refractivity contribution in [3.05, 3.63) is 32.7 Å². The highest BCUT2D eigenvalue weighted by molar-refractivity contribution is 5.76. The Hall–Kier alpha value is -2.42. The van der Waals surface area contributed by atoms with E-state index in [-0.39, 0.29) is 34.2 Å². The second kappa shape index (κ2) is 5.09. The minimum Gasteiger partial charge on any atom is -0.421 e. The zero-order valence-electron chi connectivity index (χ0n) is 12.0. The van der Waals surface area contributed by atoms with Gasteiger partial charge < -0.3 is 15.8 Å². The average molecular weight is 309 g/mol. The summed E-state index contributed by atoms with van der Waals surface area (Å²) >= 11 is 0. The monoisotopic (exact) mass is 309 g/mol. The van der Waals surface area contributed by atoms with E-state index in [9.17, 15) is 19.2 Å². The lowest BCUT2D eigenvalue weighted by molar-refractivity contribution is 0.157. The maximum absolute atomic E-state index is 14.3. The van der Waals surface area contributed by atoms with E-state index in [1.54, 1.807) is 11.8 Å². The molecule has 0 aliphatic carbocycles. The van der Waals surface area contributed by atoms with E-state index in [1.165, 1.54) is 0 Å². The first-order valence-electron chi connectivity index (χ1n) is 7.00. The van der Waals surface area contributed by atoms with Crippen molar-refractivity contribution in [2.45, 2.75) is 25.9 Å². The summed E-state index contributed by atoms with van der Waals surface area (Å²) < 4.78 is 15.4. The first-order chi connectivity index (χ1) is 10.4. The number of fused-ring (bicyclic) bond motifs is 1. The van der Waals surface area contributed by atoms with Gasteiger partial charge in [-0.15, -0.1) is 0 Å². The third-order valence-electron chi connectivity index (χ3n) is 3.87. The lowest BCUT2D eigenvalue weighted by atomic mass is 10.3. The van der Waals surface area contributed by atoms with Gasteiger partial charge in [-0.05, 0) is 19.4 Å². The molecule has 9 heteroatoms. The third-order valence-corrected chi connectivity index (χ3v) is 3.87. The minimum absolute atomic E-state index is 0.0294. The zero-order chi connectivity index (χ0) is 16.0. The Morgan fingerprint density at radius 2 is 2.23 bits per heavy atom. The topological polar surface area (TPSA) is 106 Å². The number of rotatable bonds is 2. The zero-order valence-corrected chi connectivity index (χ0v) is 12.0. The first kappa shape index (κ1) is 14.5. The van der Waals surface area contributed by atoms with Crippen LogP contribution in [0.2, 0.25) is 0 Å². The van der Waals surface area contributed by atoms with Crippen LogP contribution in [0, 0.1) is 5.82 Å². The van der Waals surface area contributed by atoms with Crippen LogP contribution >= 0.6 is 0 Å². The number of halogens is 1. The van der Waals surface area contributed by atoms with Crippen LogP contribution in [0.1, 0.15) is 13.3 Å². The van der Waals surface area contributed by atoms with Gasteiger partial charge in [0.1, 0.15) is 0 Å². The summed E-state index contributed by atoms with van der Waals surface area (Å²) in [5.74, 6) is -0.614. The fraction of sp³-hybridized carbons (Fsp3) is 0.462. The number of nitrogens with two attached hydrogens (primary N) is 1. The molecule has 8 nitrogen and oxygen atoms in total. The Balaban J connectivity index is 2.31. The molecule has 1 saturated heterocycles. The van der Waals surface area contributed by atoms with Crippen molar-refractivity contribution < 1.29 is 9.60 Å². The molecule has 1 aliphatic heterocycles. The molecule has 0 radical (unpaired) electrons. The standard InChI is InChI=1S/C13H16FN5O3/c1-2-18-10-8(12(20)19(22)13(18)21)5-9(14)11(16-10)17-4-3-7(15)6-17/h5,7,22H,2-4,6,15H2,1H3. The molecule has 0 aromatic carbocycles. The van der Waals surface area contributed by atoms with Crippen molar-refractivity contribution >= 4 is 16.9 Å². The van der Waals surface area contributed by atoms with Crippen molar-refractivity contribution in [1.29, 1.82) is 0 Å². The summed E-state index contributed by atoms with van der Waals surface area (Å²) in [6, 6.07) is 0.943. The van der Waals surface area contributed by atoms with Gasteiger partial charge in [0.05, 0.1) is 5.39 Å². The summed E-state index contributed by atoms with van der Waals surface area (Å²) in [7, 11) is 0. The number of anilines is 1. The molecule has 3 N–H and O–H groups in total. The van der Waals surface area contributed by atoms with Gasteiger partial charge in [-0.1, -0.05) is 4.73 Å². The summed E-state index contributed by atoms with van der Waals surface area (Å²) in [5, 5.41) is 9.37. The van der Waals surface area contributed by atoms with Crippen LogP contribution in [0.3, 0.4) is 0 Å². The molecule has 118 valence electrons. The van der Waals surface area contributed by atoms with Crippen molar-refractivity contribution in [2.75, 3.05) is 18.0 Å². The summed E-state index contributed by atoms with van der Waals surface area (Å²) in [6.07, 6.45) is 0.720. The molecule has 0 saturated carbocycles. The van der Waals surface area contributed by atoms with E-state index >= 15 is 0 Å². The number of pyridine rings is 1. The average Bonchev–Trinajstić information content (AvgIpc) is 2.92. The smallest absolute Gasteiger partial charge is 0.366 e. The van der Waals surface area contributed by atoms with Crippen molar-refractivity contribution in [3.63, 3.8) is 0 Å². The van der Waals surface area contributed by atoms with Crippen LogP contribution in [0.4, 0.5) is 10.2 Å². The highest BCUT2D eigenvalue weighted by Gasteiger charge is 2.25. The van der Waals surface area contributed by atoms with E-state index in [1.807, 2.05) is 0 Å². The Morgan fingerprint density at radius 3 is 2.82 bits per heavy atom. The lowest BCUT2D eigenvalue weighted by Gasteiger charge is -2.18. The van der Waals surface area contributed by atoms with Gasteiger partial charge in [-0.2, -0.15) is 0 Å². The van der Waals surface area contributed by atoms with E-state index in [0.717, 1.165) is 17.1 Å². The van der Waals surface area contributed by atoms with Gasteiger partial charge in [-0.3, -0.25) is 9.36 Å². The molecule has 1 fully saturated rings. The van der Waals surface area contributed by atoms with E-state index in [2.05, 4.69) is 4.98 Å². The Kier molecular flexibility index (Phi) is 3.36. The molecule has 1 unspecified atom stereocenters. The molecule has 2 aromatic rings. The van der Waals surface area contributed by atoms with Crippen LogP contribution in [-0.2, 0) is 6.54 Å². The van der Waals surface area contributed by atoms with Crippen LogP contribution < -0.4 is 21.9 Å². The van der Waals surface area contributed by atoms with Crippen molar-refractivity contribution in [2.24, 2.45) is 5.73 Å². The van der Waals surface area contributed by atoms with Gasteiger partial charge in [0.15, 0.2) is 17.3 Å². The Bertz CT molecular complexity index is 859. The summed E-state index contributed by atoms with van der Waals surface area (Å²) in [5.41, 5.74) is 3.99. The predicted molar refractivity (Wildman–Crippen MR) is 77.9 cm³/mol. The first-order valence-corrected chi connectivity index (χ1v) is 7.00. The second-order valence-electron chi connectivity index (χ2n) is 5.30. The highest BCUT2D eigenvalue weighted by Crippen LogP contribution is 2.23. The van der Waals surface area contributed by atoms with E-state index < -0.39 is 17.1 Å². The number of aryl methyl sites for hydroxylation is 1. The predicted octanol–water partition coefficient (Wildman–Crippen LogP) is -0.508. The van der Waals surface area contributed by atoms with Crippen molar-refractivity contribution in [1.82, 2.24) is 14.3 Å². The van der Waals surface area contributed by atoms with Crippen LogP contribution in [0.25, 0.3) is 11.0 Å². The molecule has 3 rings (SSSR count). The maximum Gasteiger partial charge on any atom is 0.366 e. The molecular formula is C13H16FN5O3. The second-order valence-corrected chi connectivity index (χ2v) is 5.30. The number of nitrogens with zero attached hydrogens (tertiary/aromatic N) is 4. The summed E-state index contributed by atoms with van der Waals surface area (Å²) in [6.45, 7) is 2.88. The van der Waals surface area contributed by atoms with Crippen molar-refractivity contribution in [3.8, 4) is 0 Å². The van der Waals surface area contributed by atoms with E-state index in [4.69, 9.17) is 5.73 Å². The SMILES string of the molecule is CCn1c(=O)n(O)c(=O)c2cc(F)c(N3CCC(N)C3)nc21. The normalized spacial score (nSPS) is 18.3. The third kappa shape index (κ3) is 2.05. The van der Waals surface area contributed by atoms with Gasteiger partial charge >= 0.3 is 5.69 Å². The Labute approximate surface area is 124 Å². The fourth-order valence-corrected chi connectivity index (χ4v) is 2.73. The largest absolute Gasteiger partial charge is 0.421 e. The summed E-state index contributed by atoms with van der Waals surface area (Å²) in [4.78, 5) is 29.7. The molecule has 0 bridgehead atoms. The fourth-order valence-electron chi connectivity index (χ4n) is 2.73. The van der Waals surface area contributed by atoms with Crippen LogP contribution in [0.15, 0.2) is 15.7 Å². The van der Waals surface area contributed by atoms with Crippen LogP contribution in [0.5, 0.6) is 0 Å². The molecule has 1 aliphatic rings. The number of aromatic nitrogens is 3. The molecule has 0 spiro atoms. The highest BCUT2D eigenvalue weighted by atomic mass is 19.1. The van der Waals surface area contributed by atoms with E-state index in [0.29, 0.717) is 13.1 Å². The van der Waals surface area contributed by atoms with Crippen LogP contribution in [-0.4, -0.2) is 38.6 Å². The quantitative estimate of drug-likeness (QED) is 0.724. The molecule has 2 aromatic heterocycles. The number of hydrogen-bond donors (Lipinski definition) is 2. The molecule has 22 heavy (non-hydrogen) atoms. The molecule has 0 amide bonds. The van der Waals surface area contributed by atoms with Gasteiger partial charge in [-0.25, -0.2) is 14.2 Å². The molecular weight excluding hydrogens is 293 g/mol. The maximum atomic E-state index is 14.3. The van der Waals surface area contributed by atoms with Gasteiger partial charge in [0.2, 0.25) is 0 Å². The lowest BCUT2D eigenvalue weighted by Crippen LogP contribution is -2.39. The van der Waals surface area contributed by atoms with Gasteiger partial charge in [0, 0.05) is 25.7 Å². The van der Waals surface area contributed by atoms with Gasteiger partial charge in [0.25, 0.3) is 5.56 Å². The Morgan fingerprint density at radius 1 is 1.50 bits per heavy atom. The minimum atomic E-state index is -0.985. The molecule has 1 atom stereocenters. The number of hydrogen-bond acceptors (Lipinski definition) is 6.